The molecule has 1 aromatic rings. The fourth-order valence-corrected chi connectivity index (χ4v) is 2.98. The van der Waals surface area contributed by atoms with Gasteiger partial charge >= 0.3 is 0 Å². The van der Waals surface area contributed by atoms with Crippen LogP contribution in [0.4, 0.5) is 5.69 Å². The zero-order valence-corrected chi connectivity index (χ0v) is 12.1. The first-order chi connectivity index (χ1) is 8.84. The first-order valence-corrected chi connectivity index (χ1v) is 7.40. The van der Waals surface area contributed by atoms with Gasteiger partial charge in [0, 0.05) is 6.54 Å². The number of rotatable bonds is 7. The lowest BCUT2D eigenvalue weighted by Gasteiger charge is -2.11. The summed E-state index contributed by atoms with van der Waals surface area (Å²) in [4.78, 5) is 0.134. The predicted molar refractivity (Wildman–Crippen MR) is 76.4 cm³/mol. The fourth-order valence-electron chi connectivity index (χ4n) is 1.61. The van der Waals surface area contributed by atoms with E-state index in [1.807, 2.05) is 6.92 Å². The van der Waals surface area contributed by atoms with Crippen molar-refractivity contribution in [2.75, 3.05) is 25.5 Å². The van der Waals surface area contributed by atoms with E-state index >= 15 is 0 Å². The minimum atomic E-state index is -3.60. The molecule has 0 aliphatic rings. The summed E-state index contributed by atoms with van der Waals surface area (Å²) in [6.45, 7) is 8.16. The van der Waals surface area contributed by atoms with E-state index in [0.29, 0.717) is 12.2 Å². The molecule has 3 N–H and O–H groups in total. The topological polar surface area (TPSA) is 81.4 Å². The summed E-state index contributed by atoms with van der Waals surface area (Å²) in [5.41, 5.74) is 7.48. The summed E-state index contributed by atoms with van der Waals surface area (Å²) in [6, 6.07) is 5.00. The van der Waals surface area contributed by atoms with Gasteiger partial charge in [-0.3, -0.25) is 0 Å². The summed E-state index contributed by atoms with van der Waals surface area (Å²) in [5, 5.41) is 0. The zero-order valence-electron chi connectivity index (χ0n) is 11.3. The van der Waals surface area contributed by atoms with E-state index in [4.69, 9.17) is 10.5 Å². The standard InChI is InChI=1S/C13H20N2O3S/c1-10(2)9-18-8-7-15-19(16,17)13-11(3)5-4-6-12(13)14/h4-6,15H,1,7-9,14H2,2-3H3. The third-order valence-corrected chi connectivity index (χ3v) is 4.08. The van der Waals surface area contributed by atoms with E-state index in [1.54, 1.807) is 25.1 Å². The maximum atomic E-state index is 12.1. The highest BCUT2D eigenvalue weighted by Crippen LogP contribution is 2.21. The molecular weight excluding hydrogens is 264 g/mol. The number of aryl methyl sites for hydroxylation is 1. The molecule has 0 bridgehead atoms. The average Bonchev–Trinajstić information content (AvgIpc) is 2.27. The molecule has 0 saturated carbocycles. The van der Waals surface area contributed by atoms with Crippen molar-refractivity contribution in [3.05, 3.63) is 35.9 Å². The molecule has 6 heteroatoms. The quantitative estimate of drug-likeness (QED) is 0.451. The lowest BCUT2D eigenvalue weighted by molar-refractivity contribution is 0.162. The van der Waals surface area contributed by atoms with Crippen molar-refractivity contribution < 1.29 is 13.2 Å². The van der Waals surface area contributed by atoms with E-state index in [1.165, 1.54) is 0 Å². The highest BCUT2D eigenvalue weighted by molar-refractivity contribution is 7.89. The van der Waals surface area contributed by atoms with Crippen molar-refractivity contribution in [1.29, 1.82) is 0 Å². The van der Waals surface area contributed by atoms with Crippen LogP contribution in [0.15, 0.2) is 35.2 Å². The number of sulfonamides is 1. The number of nitrogen functional groups attached to an aromatic ring is 1. The van der Waals surface area contributed by atoms with Gasteiger partial charge in [0.15, 0.2) is 0 Å². The Kier molecular flexibility index (Phi) is 5.53. The third kappa shape index (κ3) is 4.66. The second-order valence-corrected chi connectivity index (χ2v) is 6.10. The van der Waals surface area contributed by atoms with Gasteiger partial charge in [0.1, 0.15) is 4.90 Å². The first-order valence-electron chi connectivity index (χ1n) is 5.91. The van der Waals surface area contributed by atoms with Gasteiger partial charge in [0.05, 0.1) is 18.9 Å². The molecule has 5 nitrogen and oxygen atoms in total. The average molecular weight is 284 g/mol. The van der Waals surface area contributed by atoms with Gasteiger partial charge in [0.25, 0.3) is 0 Å². The summed E-state index contributed by atoms with van der Waals surface area (Å²) in [6.07, 6.45) is 0. The minimum absolute atomic E-state index is 0.134. The van der Waals surface area contributed by atoms with Crippen LogP contribution in [0.3, 0.4) is 0 Å². The fraction of sp³-hybridized carbons (Fsp3) is 0.385. The van der Waals surface area contributed by atoms with Crippen LogP contribution in [0.5, 0.6) is 0 Å². The molecule has 0 aliphatic heterocycles. The Morgan fingerprint density at radius 1 is 1.47 bits per heavy atom. The van der Waals surface area contributed by atoms with Gasteiger partial charge in [-0.05, 0) is 25.5 Å². The lowest BCUT2D eigenvalue weighted by atomic mass is 10.2. The van der Waals surface area contributed by atoms with Crippen LogP contribution in [0, 0.1) is 6.92 Å². The molecule has 0 radical (unpaired) electrons. The molecule has 0 unspecified atom stereocenters. The van der Waals surface area contributed by atoms with Crippen LogP contribution in [-0.2, 0) is 14.8 Å². The Morgan fingerprint density at radius 2 is 2.16 bits per heavy atom. The predicted octanol–water partition coefficient (Wildman–Crippen LogP) is 1.45. The summed E-state index contributed by atoms with van der Waals surface area (Å²) in [5.74, 6) is 0. The Hall–Kier alpha value is -1.37. The van der Waals surface area contributed by atoms with E-state index in [2.05, 4.69) is 11.3 Å². The van der Waals surface area contributed by atoms with Gasteiger partial charge < -0.3 is 10.5 Å². The number of nitrogens with one attached hydrogen (secondary N) is 1. The number of ether oxygens (including phenoxy) is 1. The molecule has 19 heavy (non-hydrogen) atoms. The number of benzene rings is 1. The Morgan fingerprint density at radius 3 is 2.74 bits per heavy atom. The molecule has 0 aliphatic carbocycles. The molecule has 0 atom stereocenters. The zero-order chi connectivity index (χ0) is 14.5. The minimum Gasteiger partial charge on any atom is -0.398 e. The van der Waals surface area contributed by atoms with Crippen LogP contribution < -0.4 is 10.5 Å². The molecule has 0 aromatic heterocycles. The number of hydrogen-bond donors (Lipinski definition) is 2. The normalized spacial score (nSPS) is 11.5. The van der Waals surface area contributed by atoms with Crippen molar-refractivity contribution in [1.82, 2.24) is 4.72 Å². The SMILES string of the molecule is C=C(C)COCCNS(=O)(=O)c1c(C)cccc1N. The summed E-state index contributed by atoms with van der Waals surface area (Å²) < 4.78 is 31.9. The molecule has 0 fully saturated rings. The Labute approximate surface area is 114 Å². The van der Waals surface area contributed by atoms with Crippen molar-refractivity contribution in [3.63, 3.8) is 0 Å². The maximum Gasteiger partial charge on any atom is 0.242 e. The smallest absolute Gasteiger partial charge is 0.242 e. The lowest BCUT2D eigenvalue weighted by Crippen LogP contribution is -2.28. The molecule has 1 rings (SSSR count). The van der Waals surface area contributed by atoms with Gasteiger partial charge in [-0.15, -0.1) is 0 Å². The van der Waals surface area contributed by atoms with Crippen LogP contribution in [0.1, 0.15) is 12.5 Å². The van der Waals surface area contributed by atoms with Crippen LogP contribution >= 0.6 is 0 Å². The molecule has 1 aromatic carbocycles. The van der Waals surface area contributed by atoms with Crippen molar-refractivity contribution in [2.24, 2.45) is 0 Å². The van der Waals surface area contributed by atoms with E-state index in [-0.39, 0.29) is 23.7 Å². The van der Waals surface area contributed by atoms with E-state index in [0.717, 1.165) is 5.57 Å². The second-order valence-electron chi connectivity index (χ2n) is 4.40. The highest BCUT2D eigenvalue weighted by Gasteiger charge is 2.18. The second kappa shape index (κ2) is 6.70. The molecular formula is C13H20N2O3S. The Balaban J connectivity index is 2.64. The van der Waals surface area contributed by atoms with Crippen molar-refractivity contribution in [3.8, 4) is 0 Å². The third-order valence-electron chi connectivity index (χ3n) is 2.40. The van der Waals surface area contributed by atoms with E-state index < -0.39 is 10.0 Å². The molecule has 106 valence electrons. The van der Waals surface area contributed by atoms with Gasteiger partial charge in [-0.1, -0.05) is 24.3 Å². The molecule has 0 heterocycles. The molecule has 0 amide bonds. The van der Waals surface area contributed by atoms with Crippen LogP contribution in [0.25, 0.3) is 0 Å². The number of anilines is 1. The highest BCUT2D eigenvalue weighted by atomic mass is 32.2. The molecule has 0 spiro atoms. The van der Waals surface area contributed by atoms with Crippen molar-refractivity contribution in [2.45, 2.75) is 18.7 Å². The maximum absolute atomic E-state index is 12.1. The summed E-state index contributed by atoms with van der Waals surface area (Å²) >= 11 is 0. The van der Waals surface area contributed by atoms with Gasteiger partial charge in [-0.2, -0.15) is 0 Å². The first kappa shape index (κ1) is 15.7. The Bertz CT molecular complexity index is 533. The largest absolute Gasteiger partial charge is 0.398 e. The van der Waals surface area contributed by atoms with Gasteiger partial charge in [0.2, 0.25) is 10.0 Å². The number of nitrogens with two attached hydrogens (primary N) is 1. The van der Waals surface area contributed by atoms with Crippen molar-refractivity contribution >= 4 is 15.7 Å². The molecule has 0 saturated heterocycles. The van der Waals surface area contributed by atoms with Crippen LogP contribution in [0.2, 0.25) is 0 Å². The number of hydrogen-bond acceptors (Lipinski definition) is 4. The van der Waals surface area contributed by atoms with E-state index in [9.17, 15) is 8.42 Å². The van der Waals surface area contributed by atoms with Crippen LogP contribution in [-0.4, -0.2) is 28.2 Å². The monoisotopic (exact) mass is 284 g/mol. The summed E-state index contributed by atoms with van der Waals surface area (Å²) in [7, 11) is -3.60. The van der Waals surface area contributed by atoms with Gasteiger partial charge in [-0.25, -0.2) is 13.1 Å².